The average molecular weight is 334 g/mol. The SMILES string of the molecule is CC(C)(C)c1ccc(CCC(=O)NCCSC2CCCC2)cc1. The highest BCUT2D eigenvalue weighted by molar-refractivity contribution is 7.99. The van der Waals surface area contributed by atoms with Crippen LogP contribution in [-0.2, 0) is 16.6 Å². The van der Waals surface area contributed by atoms with Crippen LogP contribution in [0.4, 0.5) is 0 Å². The van der Waals surface area contributed by atoms with E-state index in [-0.39, 0.29) is 11.3 Å². The molecular weight excluding hydrogens is 302 g/mol. The van der Waals surface area contributed by atoms with Crippen LogP contribution in [0.2, 0.25) is 0 Å². The standard InChI is InChI=1S/C20H31NOS/c1-20(2,3)17-11-8-16(9-12-17)10-13-19(22)21-14-15-23-18-6-4-5-7-18/h8-9,11-12,18H,4-7,10,13-15H2,1-3H3,(H,21,22). The lowest BCUT2D eigenvalue weighted by Crippen LogP contribution is -2.26. The Morgan fingerprint density at radius 3 is 2.43 bits per heavy atom. The fourth-order valence-corrected chi connectivity index (χ4v) is 4.21. The molecule has 1 N–H and O–H groups in total. The lowest BCUT2D eigenvalue weighted by molar-refractivity contribution is -0.120. The van der Waals surface area contributed by atoms with Gasteiger partial charge in [-0.05, 0) is 35.8 Å². The molecule has 1 aromatic rings. The molecule has 0 aromatic heterocycles. The third kappa shape index (κ3) is 6.58. The molecule has 0 atom stereocenters. The number of thioether (sulfide) groups is 1. The summed E-state index contributed by atoms with van der Waals surface area (Å²) < 4.78 is 0. The van der Waals surface area contributed by atoms with E-state index in [1.807, 2.05) is 11.8 Å². The van der Waals surface area contributed by atoms with Gasteiger partial charge in [-0.3, -0.25) is 4.79 Å². The third-order valence-corrected chi connectivity index (χ3v) is 5.92. The number of hydrogen-bond acceptors (Lipinski definition) is 2. The fourth-order valence-electron chi connectivity index (χ4n) is 2.99. The van der Waals surface area contributed by atoms with Gasteiger partial charge in [0.1, 0.15) is 0 Å². The minimum atomic E-state index is 0.178. The first-order valence-corrected chi connectivity index (χ1v) is 9.98. The smallest absolute Gasteiger partial charge is 0.220 e. The molecule has 2 rings (SSSR count). The molecule has 0 radical (unpaired) electrons. The van der Waals surface area contributed by atoms with Crippen LogP contribution in [-0.4, -0.2) is 23.5 Å². The van der Waals surface area contributed by atoms with Gasteiger partial charge in [0.15, 0.2) is 0 Å². The Morgan fingerprint density at radius 2 is 1.83 bits per heavy atom. The van der Waals surface area contributed by atoms with Gasteiger partial charge in [-0.25, -0.2) is 0 Å². The van der Waals surface area contributed by atoms with Crippen LogP contribution < -0.4 is 5.32 Å². The highest BCUT2D eigenvalue weighted by Gasteiger charge is 2.15. The zero-order valence-electron chi connectivity index (χ0n) is 14.9. The van der Waals surface area contributed by atoms with Crippen molar-refractivity contribution in [3.63, 3.8) is 0 Å². The molecule has 1 amide bonds. The Hall–Kier alpha value is -0.960. The van der Waals surface area contributed by atoms with E-state index >= 15 is 0 Å². The number of carbonyl (C=O) groups excluding carboxylic acids is 1. The Balaban J connectivity index is 1.62. The molecule has 0 saturated heterocycles. The lowest BCUT2D eigenvalue weighted by atomic mass is 9.86. The quantitative estimate of drug-likeness (QED) is 0.732. The minimum Gasteiger partial charge on any atom is -0.355 e. The maximum Gasteiger partial charge on any atom is 0.220 e. The van der Waals surface area contributed by atoms with Gasteiger partial charge in [0.05, 0.1) is 0 Å². The van der Waals surface area contributed by atoms with Gasteiger partial charge in [-0.1, -0.05) is 57.9 Å². The highest BCUT2D eigenvalue weighted by atomic mass is 32.2. The maximum atomic E-state index is 11.9. The normalized spacial score (nSPS) is 15.8. The number of carbonyl (C=O) groups is 1. The zero-order chi connectivity index (χ0) is 16.7. The predicted octanol–water partition coefficient (Wildman–Crippen LogP) is 4.71. The van der Waals surface area contributed by atoms with E-state index in [1.165, 1.54) is 36.8 Å². The number of aryl methyl sites for hydroxylation is 1. The van der Waals surface area contributed by atoms with Gasteiger partial charge in [-0.2, -0.15) is 11.8 Å². The van der Waals surface area contributed by atoms with Crippen molar-refractivity contribution in [3.05, 3.63) is 35.4 Å². The summed E-state index contributed by atoms with van der Waals surface area (Å²) in [5.74, 6) is 1.23. The summed E-state index contributed by atoms with van der Waals surface area (Å²) >= 11 is 2.03. The van der Waals surface area contributed by atoms with Crippen LogP contribution in [0, 0.1) is 0 Å². The van der Waals surface area contributed by atoms with Crippen LogP contribution >= 0.6 is 11.8 Å². The van der Waals surface area contributed by atoms with E-state index in [2.05, 4.69) is 50.4 Å². The van der Waals surface area contributed by atoms with Crippen molar-refractivity contribution >= 4 is 17.7 Å². The molecule has 128 valence electrons. The molecule has 0 unspecified atom stereocenters. The first-order chi connectivity index (χ1) is 10.9. The zero-order valence-corrected chi connectivity index (χ0v) is 15.7. The van der Waals surface area contributed by atoms with E-state index < -0.39 is 0 Å². The van der Waals surface area contributed by atoms with Crippen molar-refractivity contribution in [2.45, 2.75) is 70.0 Å². The summed E-state index contributed by atoms with van der Waals surface area (Å²) in [6.45, 7) is 7.47. The lowest BCUT2D eigenvalue weighted by Gasteiger charge is -2.19. The average Bonchev–Trinajstić information content (AvgIpc) is 3.02. The fraction of sp³-hybridized carbons (Fsp3) is 0.650. The number of hydrogen-bond donors (Lipinski definition) is 1. The van der Waals surface area contributed by atoms with Crippen LogP contribution in [0.1, 0.15) is 64.0 Å². The molecular formula is C20H31NOS. The van der Waals surface area contributed by atoms with Gasteiger partial charge in [0.2, 0.25) is 5.91 Å². The Kier molecular flexibility index (Phi) is 7.01. The van der Waals surface area contributed by atoms with Crippen molar-refractivity contribution in [2.24, 2.45) is 0 Å². The van der Waals surface area contributed by atoms with E-state index in [1.54, 1.807) is 0 Å². The van der Waals surface area contributed by atoms with Crippen molar-refractivity contribution in [1.29, 1.82) is 0 Å². The number of rotatable bonds is 7. The second kappa shape index (κ2) is 8.77. The van der Waals surface area contributed by atoms with E-state index in [0.717, 1.165) is 24.0 Å². The van der Waals surface area contributed by atoms with Gasteiger partial charge in [-0.15, -0.1) is 0 Å². The molecule has 1 saturated carbocycles. The molecule has 0 spiro atoms. The van der Waals surface area contributed by atoms with Gasteiger partial charge < -0.3 is 5.32 Å². The second-order valence-electron chi connectivity index (χ2n) is 7.57. The van der Waals surface area contributed by atoms with Crippen molar-refractivity contribution in [3.8, 4) is 0 Å². The summed E-state index contributed by atoms with van der Waals surface area (Å²) in [5, 5.41) is 3.89. The molecule has 0 heterocycles. The molecule has 23 heavy (non-hydrogen) atoms. The van der Waals surface area contributed by atoms with Crippen molar-refractivity contribution in [1.82, 2.24) is 5.32 Å². The molecule has 3 heteroatoms. The van der Waals surface area contributed by atoms with Crippen molar-refractivity contribution in [2.75, 3.05) is 12.3 Å². The molecule has 2 nitrogen and oxygen atoms in total. The van der Waals surface area contributed by atoms with E-state index in [4.69, 9.17) is 0 Å². The number of benzene rings is 1. The van der Waals surface area contributed by atoms with Gasteiger partial charge in [0.25, 0.3) is 0 Å². The number of nitrogens with one attached hydrogen (secondary N) is 1. The Bertz CT molecular complexity index is 483. The van der Waals surface area contributed by atoms with Crippen LogP contribution in [0.25, 0.3) is 0 Å². The largest absolute Gasteiger partial charge is 0.355 e. The van der Waals surface area contributed by atoms with Crippen LogP contribution in [0.15, 0.2) is 24.3 Å². The molecule has 1 fully saturated rings. The van der Waals surface area contributed by atoms with Crippen LogP contribution in [0.3, 0.4) is 0 Å². The summed E-state index contributed by atoms with van der Waals surface area (Å²) in [6, 6.07) is 8.69. The molecule has 1 aliphatic carbocycles. The van der Waals surface area contributed by atoms with E-state index in [0.29, 0.717) is 6.42 Å². The first-order valence-electron chi connectivity index (χ1n) is 8.93. The molecule has 1 aromatic carbocycles. The highest BCUT2D eigenvalue weighted by Crippen LogP contribution is 2.28. The Labute approximate surface area is 145 Å². The van der Waals surface area contributed by atoms with Gasteiger partial charge >= 0.3 is 0 Å². The molecule has 1 aliphatic rings. The third-order valence-electron chi connectivity index (χ3n) is 4.54. The summed E-state index contributed by atoms with van der Waals surface area (Å²) in [5.41, 5.74) is 2.77. The first kappa shape index (κ1) is 18.4. The van der Waals surface area contributed by atoms with Crippen molar-refractivity contribution < 1.29 is 4.79 Å². The van der Waals surface area contributed by atoms with Crippen LogP contribution in [0.5, 0.6) is 0 Å². The summed E-state index contributed by atoms with van der Waals surface area (Å²) in [7, 11) is 0. The van der Waals surface area contributed by atoms with E-state index in [9.17, 15) is 4.79 Å². The molecule has 0 aliphatic heterocycles. The second-order valence-corrected chi connectivity index (χ2v) is 8.98. The number of amides is 1. The Morgan fingerprint density at radius 1 is 1.17 bits per heavy atom. The predicted molar refractivity (Wildman–Crippen MR) is 101 cm³/mol. The monoisotopic (exact) mass is 333 g/mol. The topological polar surface area (TPSA) is 29.1 Å². The minimum absolute atomic E-state index is 0.178. The molecule has 0 bridgehead atoms. The summed E-state index contributed by atoms with van der Waals surface area (Å²) in [4.78, 5) is 11.9. The maximum absolute atomic E-state index is 11.9. The summed E-state index contributed by atoms with van der Waals surface area (Å²) in [6.07, 6.45) is 6.91. The van der Waals surface area contributed by atoms with Gasteiger partial charge in [0, 0.05) is 24.0 Å².